The smallest absolute Gasteiger partial charge is 0.218 e. The molecule has 76 valence electrons. The molecule has 1 unspecified atom stereocenters. The van der Waals surface area contributed by atoms with E-state index < -0.39 is 0 Å². The zero-order valence-corrected chi connectivity index (χ0v) is 8.49. The van der Waals surface area contributed by atoms with Crippen molar-refractivity contribution in [2.75, 3.05) is 7.11 Å². The van der Waals surface area contributed by atoms with Gasteiger partial charge in [0.25, 0.3) is 0 Å². The minimum atomic E-state index is -0.270. The summed E-state index contributed by atoms with van der Waals surface area (Å²) in [7, 11) is 1.63. The summed E-state index contributed by atoms with van der Waals surface area (Å²) in [6.07, 6.45) is 0.381. The van der Waals surface area contributed by atoms with Crippen LogP contribution in [0.2, 0.25) is 0 Å². The molecule has 14 heavy (non-hydrogen) atoms. The lowest BCUT2D eigenvalue weighted by atomic mass is 9.98. The fraction of sp³-hybridized carbons (Fsp3) is 0.364. The molecule has 0 heterocycles. The number of hydrogen-bond acceptors (Lipinski definition) is 2. The van der Waals surface area contributed by atoms with Gasteiger partial charge in [-0.3, -0.25) is 4.79 Å². The number of primary amides is 1. The Morgan fingerprint density at radius 1 is 1.43 bits per heavy atom. The van der Waals surface area contributed by atoms with Crippen molar-refractivity contribution in [1.82, 2.24) is 0 Å². The third-order valence-corrected chi connectivity index (χ3v) is 2.19. The highest BCUT2D eigenvalue weighted by molar-refractivity contribution is 5.74. The average molecular weight is 193 g/mol. The maximum absolute atomic E-state index is 10.7. The maximum atomic E-state index is 10.7. The van der Waals surface area contributed by atoms with Gasteiger partial charge in [-0.2, -0.15) is 0 Å². The van der Waals surface area contributed by atoms with Crippen molar-refractivity contribution in [1.29, 1.82) is 0 Å². The molecule has 2 N–H and O–H groups in total. The van der Waals surface area contributed by atoms with Crippen molar-refractivity contribution in [3.63, 3.8) is 0 Å². The number of carbonyl (C=O) groups is 1. The lowest BCUT2D eigenvalue weighted by molar-refractivity contribution is -0.118. The van der Waals surface area contributed by atoms with Gasteiger partial charge in [0.05, 0.1) is 7.11 Å². The first kappa shape index (κ1) is 10.6. The van der Waals surface area contributed by atoms with Gasteiger partial charge in [0.15, 0.2) is 0 Å². The van der Waals surface area contributed by atoms with E-state index in [1.807, 2.05) is 31.2 Å². The van der Waals surface area contributed by atoms with E-state index in [0.29, 0.717) is 6.42 Å². The van der Waals surface area contributed by atoms with Crippen molar-refractivity contribution >= 4 is 5.91 Å². The number of rotatable bonds is 4. The molecule has 3 heteroatoms. The van der Waals surface area contributed by atoms with Crippen LogP contribution >= 0.6 is 0 Å². The summed E-state index contributed by atoms with van der Waals surface area (Å²) in [6.45, 7) is 1.98. The van der Waals surface area contributed by atoms with E-state index >= 15 is 0 Å². The van der Waals surface area contributed by atoms with Crippen molar-refractivity contribution in [3.05, 3.63) is 29.8 Å². The Labute approximate surface area is 83.9 Å². The minimum absolute atomic E-state index is 0.165. The third kappa shape index (κ3) is 2.76. The van der Waals surface area contributed by atoms with Gasteiger partial charge in [-0.25, -0.2) is 0 Å². The van der Waals surface area contributed by atoms with E-state index in [1.165, 1.54) is 0 Å². The van der Waals surface area contributed by atoms with Crippen LogP contribution in [-0.2, 0) is 4.79 Å². The molecule has 0 fully saturated rings. The summed E-state index contributed by atoms with van der Waals surface area (Å²) < 4.78 is 5.04. The Morgan fingerprint density at radius 2 is 2.00 bits per heavy atom. The Balaban J connectivity index is 2.71. The number of amides is 1. The molecule has 1 atom stereocenters. The first-order valence-electron chi connectivity index (χ1n) is 4.55. The molecule has 0 saturated carbocycles. The van der Waals surface area contributed by atoms with E-state index in [0.717, 1.165) is 11.3 Å². The third-order valence-electron chi connectivity index (χ3n) is 2.19. The molecule has 1 aromatic carbocycles. The van der Waals surface area contributed by atoms with Gasteiger partial charge in [0.1, 0.15) is 5.75 Å². The van der Waals surface area contributed by atoms with Crippen molar-refractivity contribution < 1.29 is 9.53 Å². The molecule has 0 aromatic heterocycles. The molecule has 0 radical (unpaired) electrons. The van der Waals surface area contributed by atoms with Gasteiger partial charge in [0, 0.05) is 6.42 Å². The van der Waals surface area contributed by atoms with Crippen molar-refractivity contribution in [2.24, 2.45) is 5.73 Å². The molecule has 1 aromatic rings. The van der Waals surface area contributed by atoms with Gasteiger partial charge in [0.2, 0.25) is 5.91 Å². The summed E-state index contributed by atoms with van der Waals surface area (Å²) in [5.41, 5.74) is 6.22. The first-order valence-corrected chi connectivity index (χ1v) is 4.55. The lowest BCUT2D eigenvalue weighted by Gasteiger charge is -2.09. The quantitative estimate of drug-likeness (QED) is 0.790. The number of carbonyl (C=O) groups excluding carboxylic acids is 1. The molecule has 0 saturated heterocycles. The summed E-state index contributed by atoms with van der Waals surface area (Å²) in [5.74, 6) is 0.715. The van der Waals surface area contributed by atoms with Crippen LogP contribution in [0.5, 0.6) is 5.75 Å². The number of hydrogen-bond donors (Lipinski definition) is 1. The van der Waals surface area contributed by atoms with Gasteiger partial charge in [-0.15, -0.1) is 0 Å². The van der Waals surface area contributed by atoms with Crippen LogP contribution in [0, 0.1) is 0 Å². The number of methoxy groups -OCH3 is 1. The molecule has 0 bridgehead atoms. The molecule has 0 spiro atoms. The number of benzene rings is 1. The molecule has 0 aliphatic heterocycles. The van der Waals surface area contributed by atoms with Crippen LogP contribution in [0.15, 0.2) is 24.3 Å². The monoisotopic (exact) mass is 193 g/mol. The first-order chi connectivity index (χ1) is 6.63. The Hall–Kier alpha value is -1.51. The molecule has 1 rings (SSSR count). The standard InChI is InChI=1S/C11H15NO2/c1-8(7-11(12)13)9-3-5-10(14-2)6-4-9/h3-6,8H,7H2,1-2H3,(H2,12,13). The lowest BCUT2D eigenvalue weighted by Crippen LogP contribution is -2.13. The molecule has 3 nitrogen and oxygen atoms in total. The Morgan fingerprint density at radius 3 is 2.43 bits per heavy atom. The van der Waals surface area contributed by atoms with Crippen LogP contribution in [0.4, 0.5) is 0 Å². The molecule has 0 aliphatic rings. The minimum Gasteiger partial charge on any atom is -0.497 e. The van der Waals surface area contributed by atoms with Gasteiger partial charge in [-0.05, 0) is 23.6 Å². The van der Waals surface area contributed by atoms with Crippen molar-refractivity contribution in [3.8, 4) is 5.75 Å². The highest BCUT2D eigenvalue weighted by Crippen LogP contribution is 2.21. The highest BCUT2D eigenvalue weighted by Gasteiger charge is 2.08. The van der Waals surface area contributed by atoms with E-state index in [9.17, 15) is 4.79 Å². The zero-order valence-electron chi connectivity index (χ0n) is 8.49. The van der Waals surface area contributed by atoms with Crippen LogP contribution in [0.1, 0.15) is 24.8 Å². The van der Waals surface area contributed by atoms with Crippen LogP contribution in [0.3, 0.4) is 0 Å². The van der Waals surface area contributed by atoms with E-state index in [1.54, 1.807) is 7.11 Å². The fourth-order valence-corrected chi connectivity index (χ4v) is 1.35. The summed E-state index contributed by atoms with van der Waals surface area (Å²) >= 11 is 0. The fourth-order valence-electron chi connectivity index (χ4n) is 1.35. The van der Waals surface area contributed by atoms with Crippen LogP contribution < -0.4 is 10.5 Å². The number of ether oxygens (including phenoxy) is 1. The SMILES string of the molecule is COc1ccc(C(C)CC(N)=O)cc1. The maximum Gasteiger partial charge on any atom is 0.218 e. The van der Waals surface area contributed by atoms with E-state index in [2.05, 4.69) is 0 Å². The predicted octanol–water partition coefficient (Wildman–Crippen LogP) is 1.67. The predicted molar refractivity (Wildman–Crippen MR) is 55.2 cm³/mol. The average Bonchev–Trinajstić information content (AvgIpc) is 2.17. The Kier molecular flexibility index (Phi) is 3.51. The number of nitrogens with two attached hydrogens (primary N) is 1. The van der Waals surface area contributed by atoms with E-state index in [-0.39, 0.29) is 11.8 Å². The Bertz CT molecular complexity index is 306. The van der Waals surface area contributed by atoms with Gasteiger partial charge >= 0.3 is 0 Å². The van der Waals surface area contributed by atoms with Gasteiger partial charge < -0.3 is 10.5 Å². The summed E-state index contributed by atoms with van der Waals surface area (Å²) in [5, 5.41) is 0. The van der Waals surface area contributed by atoms with Crippen LogP contribution in [0.25, 0.3) is 0 Å². The highest BCUT2D eigenvalue weighted by atomic mass is 16.5. The van der Waals surface area contributed by atoms with Crippen molar-refractivity contribution in [2.45, 2.75) is 19.3 Å². The molecule has 1 amide bonds. The summed E-state index contributed by atoms with van der Waals surface area (Å²) in [6, 6.07) is 7.67. The second-order valence-corrected chi connectivity index (χ2v) is 3.34. The largest absolute Gasteiger partial charge is 0.497 e. The molecule has 0 aliphatic carbocycles. The second-order valence-electron chi connectivity index (χ2n) is 3.34. The van der Waals surface area contributed by atoms with Gasteiger partial charge in [-0.1, -0.05) is 19.1 Å². The molecular formula is C11H15NO2. The second kappa shape index (κ2) is 4.65. The van der Waals surface area contributed by atoms with Crippen LogP contribution in [-0.4, -0.2) is 13.0 Å². The van der Waals surface area contributed by atoms with E-state index in [4.69, 9.17) is 10.5 Å². The normalized spacial score (nSPS) is 12.1. The summed E-state index contributed by atoms with van der Waals surface area (Å²) in [4.78, 5) is 10.7. The zero-order chi connectivity index (χ0) is 10.6. The molecular weight excluding hydrogens is 178 g/mol. The topological polar surface area (TPSA) is 52.3 Å².